The minimum atomic E-state index is -1.12. The summed E-state index contributed by atoms with van der Waals surface area (Å²) in [7, 11) is 0. The fraction of sp³-hybridized carbons (Fsp3) is 0.423. The first-order valence-corrected chi connectivity index (χ1v) is 12.2. The predicted molar refractivity (Wildman–Crippen MR) is 130 cm³/mol. The van der Waals surface area contributed by atoms with Gasteiger partial charge in [0.1, 0.15) is 11.6 Å². The molecule has 2 bridgehead atoms. The number of para-hydroxylation sites is 1. The number of hydrogen-bond donors (Lipinski definition) is 3. The van der Waals surface area contributed by atoms with E-state index in [1.54, 1.807) is 12.1 Å². The van der Waals surface area contributed by atoms with E-state index in [0.717, 1.165) is 11.1 Å². The second-order valence-electron chi connectivity index (χ2n) is 9.44. The molecule has 0 radical (unpaired) electrons. The van der Waals surface area contributed by atoms with Crippen LogP contribution >= 0.6 is 11.6 Å². The van der Waals surface area contributed by atoms with E-state index >= 15 is 0 Å². The number of aryl methyl sites for hydroxylation is 1. The van der Waals surface area contributed by atoms with Gasteiger partial charge in [-0.15, -0.1) is 0 Å². The largest absolute Gasteiger partial charge is 0.395 e. The van der Waals surface area contributed by atoms with Crippen molar-refractivity contribution in [3.63, 3.8) is 0 Å². The molecule has 0 saturated carbocycles. The monoisotopic (exact) mass is 497 g/mol. The van der Waals surface area contributed by atoms with E-state index in [4.69, 9.17) is 16.3 Å². The second-order valence-corrected chi connectivity index (χ2v) is 9.84. The molecule has 2 aromatic rings. The number of anilines is 1. The van der Waals surface area contributed by atoms with Crippen molar-refractivity contribution in [3.8, 4) is 0 Å². The summed E-state index contributed by atoms with van der Waals surface area (Å²) in [6.07, 6.45) is 0.626. The van der Waals surface area contributed by atoms with E-state index < -0.39 is 35.5 Å². The molecule has 3 N–H and O–H groups in total. The first-order chi connectivity index (χ1) is 16.9. The predicted octanol–water partition coefficient (Wildman–Crippen LogP) is 2.27. The van der Waals surface area contributed by atoms with Crippen LogP contribution in [0.4, 0.5) is 5.69 Å². The molecule has 3 saturated heterocycles. The topological polar surface area (TPSA) is 108 Å². The number of benzene rings is 2. The van der Waals surface area contributed by atoms with E-state index in [9.17, 15) is 19.5 Å². The number of carbonyl (C=O) groups is 3. The van der Waals surface area contributed by atoms with Gasteiger partial charge in [-0.3, -0.25) is 14.4 Å². The number of aliphatic hydroxyl groups excluding tert-OH is 1. The Morgan fingerprint density at radius 2 is 1.94 bits per heavy atom. The average Bonchev–Trinajstić information content (AvgIpc) is 3.48. The molecule has 5 atom stereocenters. The molecule has 9 heteroatoms. The number of carbonyl (C=O) groups excluding carboxylic acids is 3. The molecule has 1 spiro atoms. The molecular formula is C26H28ClN3O5. The van der Waals surface area contributed by atoms with Gasteiger partial charge in [-0.05, 0) is 37.0 Å². The first-order valence-electron chi connectivity index (χ1n) is 11.8. The Hall–Kier alpha value is -2.94. The third kappa shape index (κ3) is 3.90. The van der Waals surface area contributed by atoms with Crippen molar-refractivity contribution >= 4 is 35.0 Å². The zero-order valence-electron chi connectivity index (χ0n) is 19.4. The summed E-state index contributed by atoms with van der Waals surface area (Å²) in [5.41, 5.74) is 1.09. The van der Waals surface area contributed by atoms with Gasteiger partial charge in [0.2, 0.25) is 17.7 Å². The third-order valence-electron chi connectivity index (χ3n) is 7.47. The molecule has 184 valence electrons. The zero-order valence-corrected chi connectivity index (χ0v) is 20.1. The smallest absolute Gasteiger partial charge is 0.250 e. The zero-order chi connectivity index (χ0) is 24.7. The van der Waals surface area contributed by atoms with Crippen molar-refractivity contribution in [3.05, 3.63) is 64.7 Å². The molecule has 8 nitrogen and oxygen atoms in total. The van der Waals surface area contributed by atoms with E-state index in [-0.39, 0.29) is 25.0 Å². The number of fused-ring (bicyclic) bond motifs is 1. The Bertz CT molecular complexity index is 1140. The van der Waals surface area contributed by atoms with Gasteiger partial charge < -0.3 is 25.4 Å². The molecule has 5 rings (SSSR count). The maximum Gasteiger partial charge on any atom is 0.250 e. The van der Waals surface area contributed by atoms with Crippen LogP contribution in [0.3, 0.4) is 0 Å². The number of aliphatic hydroxyl groups is 1. The summed E-state index contributed by atoms with van der Waals surface area (Å²) in [4.78, 5) is 41.9. The molecule has 0 aliphatic carbocycles. The fourth-order valence-corrected chi connectivity index (χ4v) is 6.26. The highest BCUT2D eigenvalue weighted by Crippen LogP contribution is 2.58. The van der Waals surface area contributed by atoms with Crippen LogP contribution in [0, 0.1) is 18.8 Å². The summed E-state index contributed by atoms with van der Waals surface area (Å²) < 4.78 is 6.35. The molecule has 3 aliphatic heterocycles. The first kappa shape index (κ1) is 23.8. The number of nitrogens with one attached hydrogen (secondary N) is 2. The highest BCUT2D eigenvalue weighted by Gasteiger charge is 2.74. The highest BCUT2D eigenvalue weighted by atomic mass is 35.5. The second kappa shape index (κ2) is 9.26. The molecular weight excluding hydrogens is 470 g/mol. The lowest BCUT2D eigenvalue weighted by Crippen LogP contribution is -2.53. The van der Waals surface area contributed by atoms with E-state index in [0.29, 0.717) is 30.1 Å². The van der Waals surface area contributed by atoms with Gasteiger partial charge in [0.05, 0.1) is 35.3 Å². The third-order valence-corrected chi connectivity index (χ3v) is 7.79. The van der Waals surface area contributed by atoms with Crippen LogP contribution in [0.5, 0.6) is 0 Å². The average molecular weight is 498 g/mol. The lowest BCUT2D eigenvalue weighted by Gasteiger charge is -2.33. The lowest BCUT2D eigenvalue weighted by atomic mass is 9.70. The number of hydrogen-bond acceptors (Lipinski definition) is 5. The number of rotatable bonds is 7. The van der Waals surface area contributed by atoms with Crippen LogP contribution in [0.25, 0.3) is 0 Å². The lowest BCUT2D eigenvalue weighted by molar-refractivity contribution is -0.141. The van der Waals surface area contributed by atoms with Gasteiger partial charge in [0.25, 0.3) is 0 Å². The normalized spacial score (nSPS) is 28.8. The van der Waals surface area contributed by atoms with Gasteiger partial charge in [0.15, 0.2) is 0 Å². The maximum atomic E-state index is 13.6. The number of likely N-dealkylation sites (tertiary alicyclic amines) is 1. The van der Waals surface area contributed by atoms with Crippen molar-refractivity contribution in [2.24, 2.45) is 11.8 Å². The minimum absolute atomic E-state index is 0.0247. The van der Waals surface area contributed by atoms with Gasteiger partial charge in [0, 0.05) is 13.1 Å². The van der Waals surface area contributed by atoms with Crippen LogP contribution in [-0.2, 0) is 25.7 Å². The van der Waals surface area contributed by atoms with Gasteiger partial charge in [-0.1, -0.05) is 54.1 Å². The van der Waals surface area contributed by atoms with Crippen molar-refractivity contribution < 1.29 is 24.2 Å². The summed E-state index contributed by atoms with van der Waals surface area (Å²) in [5, 5.41) is 15.9. The highest BCUT2D eigenvalue weighted by molar-refractivity contribution is 6.34. The van der Waals surface area contributed by atoms with Crippen LogP contribution in [-0.4, -0.2) is 58.6 Å². The van der Waals surface area contributed by atoms with E-state index in [1.807, 2.05) is 43.3 Å². The maximum absolute atomic E-state index is 13.6. The van der Waals surface area contributed by atoms with Crippen LogP contribution in [0.2, 0.25) is 5.02 Å². The molecule has 3 fully saturated rings. The Kier molecular flexibility index (Phi) is 6.29. The quantitative estimate of drug-likeness (QED) is 0.544. The summed E-state index contributed by atoms with van der Waals surface area (Å²) in [6.45, 7) is 1.84. The van der Waals surface area contributed by atoms with Crippen molar-refractivity contribution in [1.82, 2.24) is 10.2 Å². The molecule has 3 aliphatic rings. The summed E-state index contributed by atoms with van der Waals surface area (Å²) in [6, 6.07) is 13.9. The number of halogens is 1. The number of β-amino-alcohol motifs (C(OH)–C–C–N with tert-alkyl or cyclic N) is 1. The molecule has 35 heavy (non-hydrogen) atoms. The van der Waals surface area contributed by atoms with Crippen molar-refractivity contribution in [2.75, 3.05) is 18.5 Å². The fourth-order valence-electron chi connectivity index (χ4n) is 5.99. The van der Waals surface area contributed by atoms with Crippen LogP contribution in [0.15, 0.2) is 48.5 Å². The number of ether oxygens (including phenoxy) is 1. The molecule has 2 aromatic carbocycles. The summed E-state index contributed by atoms with van der Waals surface area (Å²) >= 11 is 6.33. The summed E-state index contributed by atoms with van der Waals surface area (Å²) in [5.74, 6) is -2.51. The van der Waals surface area contributed by atoms with Gasteiger partial charge in [-0.2, -0.15) is 0 Å². The number of amides is 3. The van der Waals surface area contributed by atoms with Gasteiger partial charge in [-0.25, -0.2) is 0 Å². The Morgan fingerprint density at radius 1 is 1.17 bits per heavy atom. The van der Waals surface area contributed by atoms with Crippen LogP contribution < -0.4 is 10.6 Å². The van der Waals surface area contributed by atoms with E-state index in [1.165, 1.54) is 4.90 Å². The minimum Gasteiger partial charge on any atom is -0.395 e. The molecule has 3 amide bonds. The Labute approximate surface area is 208 Å². The van der Waals surface area contributed by atoms with Crippen molar-refractivity contribution in [2.45, 2.75) is 44.1 Å². The van der Waals surface area contributed by atoms with Crippen LogP contribution in [0.1, 0.15) is 24.0 Å². The molecule has 3 heterocycles. The standard InChI is InChI=1S/C26H28ClN3O5/c1-15-6-5-9-17(27)21(15)29-24(33)22-26-11-10-18(35-26)19(20(26)25(34)30(22)12-13-31)23(32)28-14-16-7-3-2-4-8-16/h2-9,18-20,22,31H,10-14H2,1H3,(H,28,32)(H,29,33)/t18-,19+,20+,22?,26?/m1/s1. The Balaban J connectivity index is 1.42. The number of nitrogens with zero attached hydrogens (tertiary/aromatic N) is 1. The Morgan fingerprint density at radius 3 is 2.66 bits per heavy atom. The van der Waals surface area contributed by atoms with E-state index in [2.05, 4.69) is 10.6 Å². The van der Waals surface area contributed by atoms with Crippen molar-refractivity contribution in [1.29, 1.82) is 0 Å². The SMILES string of the molecule is Cc1cccc(Cl)c1NC(=O)C1N(CCO)C(=O)[C@@H]2[C@@H](C(=O)NCc3ccccc3)[C@H]3CCC12O3. The van der Waals surface area contributed by atoms with Gasteiger partial charge >= 0.3 is 0 Å². The molecule has 0 aromatic heterocycles. The molecule has 2 unspecified atom stereocenters.